The number of benzene rings is 1. The Kier molecular flexibility index (Phi) is 2.82. The number of amides is 1. The molecule has 7 heteroatoms. The van der Waals surface area contributed by atoms with Gasteiger partial charge in [-0.05, 0) is 12.1 Å². The number of nitrogens with one attached hydrogen (secondary N) is 2. The molecule has 0 aliphatic heterocycles. The van der Waals surface area contributed by atoms with Crippen molar-refractivity contribution in [2.24, 2.45) is 0 Å². The largest absolute Gasteiger partial charge is 0.478 e. The number of carboxylic acids is 1. The van der Waals surface area contributed by atoms with Crippen molar-refractivity contribution in [3.8, 4) is 0 Å². The van der Waals surface area contributed by atoms with Crippen LogP contribution in [-0.4, -0.2) is 32.4 Å². The van der Waals surface area contributed by atoms with Gasteiger partial charge in [-0.2, -0.15) is 15.4 Å². The van der Waals surface area contributed by atoms with Crippen LogP contribution in [0.5, 0.6) is 0 Å². The molecule has 1 aromatic heterocycles. The van der Waals surface area contributed by atoms with E-state index in [2.05, 4.69) is 20.7 Å². The SMILES string of the molecule is O=C(Nc1ccccc1C(=O)O)c1cn[nH]n1. The van der Waals surface area contributed by atoms with Gasteiger partial charge in [0.25, 0.3) is 5.91 Å². The van der Waals surface area contributed by atoms with E-state index in [-0.39, 0.29) is 16.9 Å². The minimum absolute atomic E-state index is 0.0179. The molecule has 1 amide bonds. The summed E-state index contributed by atoms with van der Waals surface area (Å²) in [7, 11) is 0. The molecule has 1 heterocycles. The lowest BCUT2D eigenvalue weighted by Crippen LogP contribution is -2.15. The Labute approximate surface area is 95.5 Å². The smallest absolute Gasteiger partial charge is 0.337 e. The van der Waals surface area contributed by atoms with Crippen LogP contribution in [0.15, 0.2) is 30.5 Å². The predicted octanol–water partition coefficient (Wildman–Crippen LogP) is 0.755. The first kappa shape index (κ1) is 10.8. The van der Waals surface area contributed by atoms with Crippen LogP contribution < -0.4 is 5.32 Å². The molecule has 86 valence electrons. The molecule has 0 unspecified atom stereocenters. The maximum absolute atomic E-state index is 11.6. The van der Waals surface area contributed by atoms with Crippen molar-refractivity contribution < 1.29 is 14.7 Å². The summed E-state index contributed by atoms with van der Waals surface area (Å²) in [4.78, 5) is 22.5. The molecule has 1 aromatic carbocycles. The Morgan fingerprint density at radius 2 is 2.06 bits per heavy atom. The number of carbonyl (C=O) groups is 2. The summed E-state index contributed by atoms with van der Waals surface area (Å²) in [5.41, 5.74) is 0.322. The van der Waals surface area contributed by atoms with Gasteiger partial charge in [-0.1, -0.05) is 12.1 Å². The molecule has 0 saturated heterocycles. The van der Waals surface area contributed by atoms with E-state index in [4.69, 9.17) is 5.11 Å². The van der Waals surface area contributed by atoms with Gasteiger partial charge in [0.2, 0.25) is 0 Å². The van der Waals surface area contributed by atoms with E-state index in [0.29, 0.717) is 0 Å². The number of anilines is 1. The van der Waals surface area contributed by atoms with Gasteiger partial charge < -0.3 is 10.4 Å². The summed E-state index contributed by atoms with van der Waals surface area (Å²) in [5, 5.41) is 20.8. The average Bonchev–Trinajstić information content (AvgIpc) is 2.83. The molecule has 2 aromatic rings. The molecule has 0 radical (unpaired) electrons. The van der Waals surface area contributed by atoms with Crippen LogP contribution in [0.25, 0.3) is 0 Å². The van der Waals surface area contributed by atoms with Crippen LogP contribution in [0.3, 0.4) is 0 Å². The van der Waals surface area contributed by atoms with E-state index in [1.165, 1.54) is 18.3 Å². The maximum Gasteiger partial charge on any atom is 0.337 e. The lowest BCUT2D eigenvalue weighted by atomic mass is 10.2. The molecule has 7 nitrogen and oxygen atoms in total. The first-order valence-electron chi connectivity index (χ1n) is 4.68. The minimum atomic E-state index is -1.11. The molecule has 0 bridgehead atoms. The lowest BCUT2D eigenvalue weighted by Gasteiger charge is -2.06. The number of rotatable bonds is 3. The van der Waals surface area contributed by atoms with Crippen molar-refractivity contribution in [2.75, 3.05) is 5.32 Å². The topological polar surface area (TPSA) is 108 Å². The first-order chi connectivity index (χ1) is 8.18. The number of aromatic amines is 1. The van der Waals surface area contributed by atoms with Gasteiger partial charge >= 0.3 is 5.97 Å². The standard InChI is InChI=1S/C10H8N4O3/c15-9(8-5-11-14-13-8)12-7-4-2-1-3-6(7)10(16)17/h1-5H,(H,12,15)(H,16,17)(H,11,13,14). The van der Waals surface area contributed by atoms with Gasteiger partial charge in [-0.25, -0.2) is 4.79 Å². The van der Waals surface area contributed by atoms with E-state index in [9.17, 15) is 9.59 Å². The van der Waals surface area contributed by atoms with Crippen molar-refractivity contribution in [1.29, 1.82) is 0 Å². The second kappa shape index (κ2) is 4.44. The van der Waals surface area contributed by atoms with Crippen LogP contribution >= 0.6 is 0 Å². The summed E-state index contributed by atoms with van der Waals surface area (Å²) in [6.07, 6.45) is 1.25. The molecule has 0 spiro atoms. The van der Waals surface area contributed by atoms with Crippen molar-refractivity contribution in [3.05, 3.63) is 41.7 Å². The zero-order valence-electron chi connectivity index (χ0n) is 8.54. The normalized spacial score (nSPS) is 9.88. The quantitative estimate of drug-likeness (QED) is 0.723. The van der Waals surface area contributed by atoms with Crippen molar-refractivity contribution in [1.82, 2.24) is 15.4 Å². The zero-order chi connectivity index (χ0) is 12.3. The van der Waals surface area contributed by atoms with Gasteiger partial charge in [0.1, 0.15) is 0 Å². The van der Waals surface area contributed by atoms with E-state index in [0.717, 1.165) is 0 Å². The molecule has 17 heavy (non-hydrogen) atoms. The van der Waals surface area contributed by atoms with E-state index < -0.39 is 11.9 Å². The maximum atomic E-state index is 11.6. The van der Waals surface area contributed by atoms with Crippen LogP contribution in [0.4, 0.5) is 5.69 Å². The number of H-pyrrole nitrogens is 1. The van der Waals surface area contributed by atoms with Crippen LogP contribution in [0.2, 0.25) is 0 Å². The fraction of sp³-hybridized carbons (Fsp3) is 0. The van der Waals surface area contributed by atoms with E-state index in [1.807, 2.05) is 0 Å². The fourth-order valence-electron chi connectivity index (χ4n) is 1.28. The monoisotopic (exact) mass is 232 g/mol. The molecular weight excluding hydrogens is 224 g/mol. The molecule has 2 rings (SSSR count). The summed E-state index contributed by atoms with van der Waals surface area (Å²) in [5.74, 6) is -1.63. The number of aromatic nitrogens is 3. The van der Waals surface area contributed by atoms with Gasteiger partial charge in [0.15, 0.2) is 5.69 Å². The van der Waals surface area contributed by atoms with E-state index in [1.54, 1.807) is 12.1 Å². The highest BCUT2D eigenvalue weighted by atomic mass is 16.4. The second-order valence-electron chi connectivity index (χ2n) is 3.16. The van der Waals surface area contributed by atoms with Crippen LogP contribution in [0, 0.1) is 0 Å². The van der Waals surface area contributed by atoms with Crippen LogP contribution in [-0.2, 0) is 0 Å². The number of carboxylic acid groups (broad SMARTS) is 1. The Balaban J connectivity index is 2.25. The Bertz CT molecular complexity index is 550. The Morgan fingerprint density at radius 1 is 1.29 bits per heavy atom. The summed E-state index contributed by atoms with van der Waals surface area (Å²) >= 11 is 0. The van der Waals surface area contributed by atoms with Crippen molar-refractivity contribution in [3.63, 3.8) is 0 Å². The summed E-state index contributed by atoms with van der Waals surface area (Å²) < 4.78 is 0. The first-order valence-corrected chi connectivity index (χ1v) is 4.68. The highest BCUT2D eigenvalue weighted by Gasteiger charge is 2.14. The number of nitrogens with zero attached hydrogens (tertiary/aromatic N) is 2. The van der Waals surface area contributed by atoms with Gasteiger partial charge in [0, 0.05) is 0 Å². The number of hydrogen-bond donors (Lipinski definition) is 3. The van der Waals surface area contributed by atoms with Crippen molar-refractivity contribution >= 4 is 17.6 Å². The van der Waals surface area contributed by atoms with E-state index >= 15 is 0 Å². The summed E-state index contributed by atoms with van der Waals surface area (Å²) in [6, 6.07) is 6.11. The molecule has 0 fully saturated rings. The van der Waals surface area contributed by atoms with Gasteiger partial charge in [0.05, 0.1) is 17.4 Å². The Hall–Kier alpha value is -2.70. The highest BCUT2D eigenvalue weighted by Crippen LogP contribution is 2.15. The predicted molar refractivity (Wildman–Crippen MR) is 57.7 cm³/mol. The molecule has 0 aliphatic rings. The zero-order valence-corrected chi connectivity index (χ0v) is 8.54. The molecule has 3 N–H and O–H groups in total. The molecule has 0 aliphatic carbocycles. The molecular formula is C10H8N4O3. The number of carbonyl (C=O) groups excluding carboxylic acids is 1. The third kappa shape index (κ3) is 2.28. The lowest BCUT2D eigenvalue weighted by molar-refractivity contribution is 0.0698. The van der Waals surface area contributed by atoms with Crippen LogP contribution in [0.1, 0.15) is 20.8 Å². The minimum Gasteiger partial charge on any atom is -0.478 e. The van der Waals surface area contributed by atoms with Gasteiger partial charge in [-0.15, -0.1) is 0 Å². The Morgan fingerprint density at radius 3 is 2.71 bits per heavy atom. The third-order valence-electron chi connectivity index (χ3n) is 2.05. The summed E-state index contributed by atoms with van der Waals surface area (Å²) in [6.45, 7) is 0. The van der Waals surface area contributed by atoms with Gasteiger partial charge in [-0.3, -0.25) is 4.79 Å². The highest BCUT2D eigenvalue weighted by molar-refractivity contribution is 6.06. The average molecular weight is 232 g/mol. The third-order valence-corrected chi connectivity index (χ3v) is 2.05. The van der Waals surface area contributed by atoms with Crippen molar-refractivity contribution in [2.45, 2.75) is 0 Å². The molecule has 0 saturated carbocycles. The fourth-order valence-corrected chi connectivity index (χ4v) is 1.28. The number of hydrogen-bond acceptors (Lipinski definition) is 4. The number of para-hydroxylation sites is 1. The second-order valence-corrected chi connectivity index (χ2v) is 3.16. The number of aromatic carboxylic acids is 1. The molecule has 0 atom stereocenters.